The van der Waals surface area contributed by atoms with Gasteiger partial charge in [-0.2, -0.15) is 4.98 Å². The lowest BCUT2D eigenvalue weighted by molar-refractivity contribution is 0.432. The molecule has 2 aromatic carbocycles. The monoisotopic (exact) mass is 306 g/mol. The van der Waals surface area contributed by atoms with Crippen LogP contribution in [0.1, 0.15) is 0 Å². The van der Waals surface area contributed by atoms with Gasteiger partial charge in [-0.05, 0) is 30.3 Å². The largest absolute Gasteiger partial charge is 0.508 e. The van der Waals surface area contributed by atoms with Gasteiger partial charge in [-0.25, -0.2) is 0 Å². The standard InChI is InChI=1S/C14H8Cl2N2O2/c15-11-5-4-9(7-12(11)16)14-17-13(18-20-14)8-2-1-3-10(19)6-8/h1-7,19H. The second kappa shape index (κ2) is 5.15. The molecule has 0 radical (unpaired) electrons. The molecule has 0 unspecified atom stereocenters. The van der Waals surface area contributed by atoms with E-state index in [-0.39, 0.29) is 5.75 Å². The van der Waals surface area contributed by atoms with E-state index in [0.717, 1.165) is 0 Å². The third kappa shape index (κ3) is 2.48. The number of benzene rings is 2. The number of aromatic nitrogens is 2. The van der Waals surface area contributed by atoms with Crippen molar-refractivity contribution in [3.8, 4) is 28.6 Å². The molecule has 0 fully saturated rings. The topological polar surface area (TPSA) is 59.2 Å². The average Bonchev–Trinajstić information content (AvgIpc) is 2.92. The van der Waals surface area contributed by atoms with Crippen molar-refractivity contribution in [1.29, 1.82) is 0 Å². The van der Waals surface area contributed by atoms with E-state index in [4.69, 9.17) is 27.7 Å². The van der Waals surface area contributed by atoms with Crippen LogP contribution in [0.5, 0.6) is 5.75 Å². The van der Waals surface area contributed by atoms with Crippen molar-refractivity contribution < 1.29 is 9.63 Å². The Kier molecular flexibility index (Phi) is 3.34. The first-order valence-electron chi connectivity index (χ1n) is 5.72. The van der Waals surface area contributed by atoms with Gasteiger partial charge in [-0.15, -0.1) is 0 Å². The van der Waals surface area contributed by atoms with Crippen LogP contribution in [0.15, 0.2) is 47.0 Å². The summed E-state index contributed by atoms with van der Waals surface area (Å²) in [6.45, 7) is 0. The van der Waals surface area contributed by atoms with E-state index in [1.807, 2.05) is 0 Å². The zero-order valence-corrected chi connectivity index (χ0v) is 11.6. The van der Waals surface area contributed by atoms with Crippen molar-refractivity contribution in [1.82, 2.24) is 10.1 Å². The van der Waals surface area contributed by atoms with Gasteiger partial charge in [0, 0.05) is 11.1 Å². The molecular formula is C14H8Cl2N2O2. The van der Waals surface area contributed by atoms with Crippen LogP contribution in [0.2, 0.25) is 10.0 Å². The lowest BCUT2D eigenvalue weighted by Gasteiger charge is -1.97. The normalized spacial score (nSPS) is 10.7. The second-order valence-electron chi connectivity index (χ2n) is 4.10. The summed E-state index contributed by atoms with van der Waals surface area (Å²) in [6, 6.07) is 11.7. The highest BCUT2D eigenvalue weighted by Crippen LogP contribution is 2.29. The molecule has 20 heavy (non-hydrogen) atoms. The SMILES string of the molecule is Oc1cccc(-c2noc(-c3ccc(Cl)c(Cl)c3)n2)c1. The molecule has 0 saturated carbocycles. The molecule has 0 atom stereocenters. The van der Waals surface area contributed by atoms with E-state index < -0.39 is 0 Å². The van der Waals surface area contributed by atoms with Gasteiger partial charge in [-0.1, -0.05) is 40.5 Å². The van der Waals surface area contributed by atoms with Gasteiger partial charge in [0.2, 0.25) is 5.82 Å². The highest BCUT2D eigenvalue weighted by atomic mass is 35.5. The van der Waals surface area contributed by atoms with Crippen molar-refractivity contribution in [2.45, 2.75) is 0 Å². The molecule has 3 rings (SSSR count). The lowest BCUT2D eigenvalue weighted by Crippen LogP contribution is -1.81. The Morgan fingerprint density at radius 3 is 2.55 bits per heavy atom. The van der Waals surface area contributed by atoms with Gasteiger partial charge < -0.3 is 9.63 Å². The zero-order valence-electron chi connectivity index (χ0n) is 10.0. The van der Waals surface area contributed by atoms with E-state index in [0.29, 0.717) is 32.9 Å². The third-order valence-corrected chi connectivity index (χ3v) is 3.44. The van der Waals surface area contributed by atoms with Crippen LogP contribution in [0.25, 0.3) is 22.8 Å². The molecule has 1 N–H and O–H groups in total. The molecular weight excluding hydrogens is 299 g/mol. The molecule has 6 heteroatoms. The van der Waals surface area contributed by atoms with Gasteiger partial charge >= 0.3 is 0 Å². The molecule has 0 aliphatic carbocycles. The van der Waals surface area contributed by atoms with Crippen LogP contribution < -0.4 is 0 Å². The molecule has 1 aromatic heterocycles. The Hall–Kier alpha value is -2.04. The fourth-order valence-corrected chi connectivity index (χ4v) is 2.03. The summed E-state index contributed by atoms with van der Waals surface area (Å²) in [7, 11) is 0. The summed E-state index contributed by atoms with van der Waals surface area (Å²) < 4.78 is 5.20. The summed E-state index contributed by atoms with van der Waals surface area (Å²) in [6.07, 6.45) is 0. The maximum absolute atomic E-state index is 9.45. The minimum absolute atomic E-state index is 0.142. The van der Waals surface area contributed by atoms with Gasteiger partial charge in [0.25, 0.3) is 5.89 Å². The lowest BCUT2D eigenvalue weighted by atomic mass is 10.2. The number of aromatic hydroxyl groups is 1. The number of phenolic OH excluding ortho intramolecular Hbond substituents is 1. The second-order valence-corrected chi connectivity index (χ2v) is 4.92. The predicted molar refractivity (Wildman–Crippen MR) is 76.9 cm³/mol. The average molecular weight is 307 g/mol. The summed E-state index contributed by atoms with van der Waals surface area (Å²) >= 11 is 11.8. The highest BCUT2D eigenvalue weighted by molar-refractivity contribution is 6.42. The molecule has 4 nitrogen and oxygen atoms in total. The van der Waals surface area contributed by atoms with E-state index in [9.17, 15) is 5.11 Å². The first-order valence-corrected chi connectivity index (χ1v) is 6.47. The van der Waals surface area contributed by atoms with E-state index in [1.165, 1.54) is 0 Å². The van der Waals surface area contributed by atoms with Crippen LogP contribution in [0.4, 0.5) is 0 Å². The maximum Gasteiger partial charge on any atom is 0.258 e. The number of phenols is 1. The molecule has 0 bridgehead atoms. The van der Waals surface area contributed by atoms with Gasteiger partial charge in [-0.3, -0.25) is 0 Å². The number of rotatable bonds is 2. The van der Waals surface area contributed by atoms with Crippen molar-refractivity contribution in [3.05, 3.63) is 52.5 Å². The fourth-order valence-electron chi connectivity index (χ4n) is 1.73. The smallest absolute Gasteiger partial charge is 0.258 e. The van der Waals surface area contributed by atoms with Crippen LogP contribution >= 0.6 is 23.2 Å². The maximum atomic E-state index is 9.45. The highest BCUT2D eigenvalue weighted by Gasteiger charge is 2.12. The Morgan fingerprint density at radius 2 is 1.80 bits per heavy atom. The minimum atomic E-state index is 0.142. The van der Waals surface area contributed by atoms with Crippen molar-refractivity contribution in [2.75, 3.05) is 0 Å². The van der Waals surface area contributed by atoms with Crippen molar-refractivity contribution in [2.24, 2.45) is 0 Å². The van der Waals surface area contributed by atoms with Crippen molar-refractivity contribution >= 4 is 23.2 Å². The Bertz CT molecular complexity index is 771. The first kappa shape index (κ1) is 13.0. The van der Waals surface area contributed by atoms with Crippen molar-refractivity contribution in [3.63, 3.8) is 0 Å². The molecule has 0 aliphatic rings. The van der Waals surface area contributed by atoms with Crippen LogP contribution in [-0.4, -0.2) is 15.2 Å². The summed E-state index contributed by atoms with van der Waals surface area (Å²) in [4.78, 5) is 4.27. The molecule has 0 saturated heterocycles. The Morgan fingerprint density at radius 1 is 0.950 bits per heavy atom. The molecule has 100 valence electrons. The molecule has 0 amide bonds. The molecule has 0 spiro atoms. The molecule has 1 heterocycles. The van der Waals surface area contributed by atoms with Crippen LogP contribution in [0.3, 0.4) is 0 Å². The zero-order chi connectivity index (χ0) is 14.1. The van der Waals surface area contributed by atoms with Gasteiger partial charge in [0.1, 0.15) is 5.75 Å². The third-order valence-electron chi connectivity index (χ3n) is 2.70. The predicted octanol–water partition coefficient (Wildman–Crippen LogP) is 4.42. The molecule has 0 aliphatic heterocycles. The summed E-state index contributed by atoms with van der Waals surface area (Å²) in [5.74, 6) is 0.868. The number of nitrogens with zero attached hydrogens (tertiary/aromatic N) is 2. The number of halogens is 2. The minimum Gasteiger partial charge on any atom is -0.508 e. The van der Waals surface area contributed by atoms with Gasteiger partial charge in [0.05, 0.1) is 10.0 Å². The first-order chi connectivity index (χ1) is 9.63. The Balaban J connectivity index is 1.99. The summed E-state index contributed by atoms with van der Waals surface area (Å²) in [5.41, 5.74) is 1.35. The van der Waals surface area contributed by atoms with Gasteiger partial charge in [0.15, 0.2) is 0 Å². The van der Waals surface area contributed by atoms with E-state index >= 15 is 0 Å². The Labute approximate surface area is 124 Å². The van der Waals surface area contributed by atoms with E-state index in [1.54, 1.807) is 42.5 Å². The van der Waals surface area contributed by atoms with E-state index in [2.05, 4.69) is 10.1 Å². The molecule has 3 aromatic rings. The number of hydrogen-bond donors (Lipinski definition) is 1. The number of hydrogen-bond acceptors (Lipinski definition) is 4. The summed E-state index contributed by atoms with van der Waals surface area (Å²) in [5, 5.41) is 14.2. The quantitative estimate of drug-likeness (QED) is 0.761. The van der Waals surface area contributed by atoms with Crippen LogP contribution in [-0.2, 0) is 0 Å². The fraction of sp³-hybridized carbons (Fsp3) is 0. The van der Waals surface area contributed by atoms with Crippen LogP contribution in [0, 0.1) is 0 Å².